The van der Waals surface area contributed by atoms with Crippen LogP contribution in [-0.2, 0) is 13.6 Å². The van der Waals surface area contributed by atoms with Gasteiger partial charge in [0.15, 0.2) is 0 Å². The first-order chi connectivity index (χ1) is 8.58. The fourth-order valence-corrected chi connectivity index (χ4v) is 1.96. The Morgan fingerprint density at radius 2 is 2.28 bits per heavy atom. The number of anilines is 1. The average Bonchev–Trinajstić information content (AvgIpc) is 2.74. The number of aliphatic hydroxyl groups is 1. The molecule has 0 saturated carbocycles. The number of aromatic nitrogens is 3. The Labute approximate surface area is 107 Å². The number of rotatable bonds is 4. The molecule has 0 radical (unpaired) electrons. The van der Waals surface area contributed by atoms with E-state index in [0.29, 0.717) is 6.54 Å². The van der Waals surface area contributed by atoms with Gasteiger partial charge >= 0.3 is 0 Å². The molecule has 0 aliphatic carbocycles. The van der Waals surface area contributed by atoms with Gasteiger partial charge in [-0.15, -0.1) is 0 Å². The summed E-state index contributed by atoms with van der Waals surface area (Å²) in [5.41, 5.74) is 1.95. The maximum atomic E-state index is 9.74. The molecule has 0 spiro atoms. The first-order valence-electron chi connectivity index (χ1n) is 5.89. The number of aliphatic hydroxyl groups excluding tert-OH is 1. The van der Waals surface area contributed by atoms with Crippen molar-refractivity contribution >= 4 is 5.82 Å². The third-order valence-corrected chi connectivity index (χ3v) is 2.81. The quantitative estimate of drug-likeness (QED) is 0.888. The smallest absolute Gasteiger partial charge is 0.134 e. The van der Waals surface area contributed by atoms with E-state index in [4.69, 9.17) is 0 Å². The highest BCUT2D eigenvalue weighted by molar-refractivity contribution is 5.47. The molecule has 96 valence electrons. The summed E-state index contributed by atoms with van der Waals surface area (Å²) in [4.78, 5) is 6.35. The van der Waals surface area contributed by atoms with Gasteiger partial charge in [0.2, 0.25) is 0 Å². The molecule has 0 fully saturated rings. The van der Waals surface area contributed by atoms with Crippen LogP contribution in [0.4, 0.5) is 5.82 Å². The number of nitrogens with zero attached hydrogens (tertiary/aromatic N) is 4. The van der Waals surface area contributed by atoms with Crippen molar-refractivity contribution in [3.63, 3.8) is 0 Å². The van der Waals surface area contributed by atoms with E-state index in [-0.39, 0.29) is 0 Å². The molecule has 2 aromatic heterocycles. The normalized spacial score (nSPS) is 12.4. The highest BCUT2D eigenvalue weighted by atomic mass is 16.3. The van der Waals surface area contributed by atoms with Gasteiger partial charge in [-0.1, -0.05) is 6.07 Å². The number of aryl methyl sites for hydroxylation is 1. The standard InChI is InChI=1S/C13H18N4O/c1-10(18)12-5-4-6-14-13(12)16(2)8-11-7-15-17(3)9-11/h4-7,9-10,18H,8H2,1-3H3/t10-/m0/s1. The summed E-state index contributed by atoms with van der Waals surface area (Å²) in [5, 5.41) is 13.9. The predicted octanol–water partition coefficient (Wildman–Crippen LogP) is 1.50. The van der Waals surface area contributed by atoms with E-state index in [0.717, 1.165) is 16.9 Å². The summed E-state index contributed by atoms with van der Waals surface area (Å²) >= 11 is 0. The Kier molecular flexibility index (Phi) is 3.62. The number of hydrogen-bond donors (Lipinski definition) is 1. The SMILES string of the molecule is C[C@H](O)c1cccnc1N(C)Cc1cnn(C)c1. The van der Waals surface area contributed by atoms with Crippen LogP contribution >= 0.6 is 0 Å². The Hall–Kier alpha value is -1.88. The van der Waals surface area contributed by atoms with Crippen LogP contribution in [-0.4, -0.2) is 26.9 Å². The topological polar surface area (TPSA) is 54.2 Å². The van der Waals surface area contributed by atoms with Crippen LogP contribution in [0, 0.1) is 0 Å². The molecule has 18 heavy (non-hydrogen) atoms. The highest BCUT2D eigenvalue weighted by Gasteiger charge is 2.13. The van der Waals surface area contributed by atoms with Crippen LogP contribution in [0.25, 0.3) is 0 Å². The third-order valence-electron chi connectivity index (χ3n) is 2.81. The van der Waals surface area contributed by atoms with Crippen LogP contribution in [0.2, 0.25) is 0 Å². The summed E-state index contributed by atoms with van der Waals surface area (Å²) in [6, 6.07) is 3.73. The van der Waals surface area contributed by atoms with Gasteiger partial charge in [-0.25, -0.2) is 4.98 Å². The van der Waals surface area contributed by atoms with Gasteiger partial charge < -0.3 is 10.0 Å². The predicted molar refractivity (Wildman–Crippen MR) is 70.2 cm³/mol. The lowest BCUT2D eigenvalue weighted by atomic mass is 10.1. The van der Waals surface area contributed by atoms with E-state index >= 15 is 0 Å². The van der Waals surface area contributed by atoms with Gasteiger partial charge in [0, 0.05) is 44.2 Å². The molecule has 0 amide bonds. The van der Waals surface area contributed by atoms with E-state index in [9.17, 15) is 5.11 Å². The first kappa shape index (κ1) is 12.6. The second-order valence-electron chi connectivity index (χ2n) is 4.47. The first-order valence-corrected chi connectivity index (χ1v) is 5.89. The van der Waals surface area contributed by atoms with Crippen LogP contribution in [0.5, 0.6) is 0 Å². The van der Waals surface area contributed by atoms with Crippen molar-refractivity contribution in [2.45, 2.75) is 19.6 Å². The van der Waals surface area contributed by atoms with Crippen molar-refractivity contribution in [2.24, 2.45) is 7.05 Å². The minimum absolute atomic E-state index is 0.523. The second-order valence-corrected chi connectivity index (χ2v) is 4.47. The Balaban J connectivity index is 2.20. The molecule has 0 unspecified atom stereocenters. The molecular weight excluding hydrogens is 228 g/mol. The summed E-state index contributed by atoms with van der Waals surface area (Å²) in [6.07, 6.45) is 5.02. The van der Waals surface area contributed by atoms with Crippen molar-refractivity contribution in [1.29, 1.82) is 0 Å². The summed E-state index contributed by atoms with van der Waals surface area (Å²) in [7, 11) is 3.85. The lowest BCUT2D eigenvalue weighted by Crippen LogP contribution is -2.19. The lowest BCUT2D eigenvalue weighted by Gasteiger charge is -2.21. The van der Waals surface area contributed by atoms with E-state index in [1.165, 1.54) is 0 Å². The van der Waals surface area contributed by atoms with Crippen molar-refractivity contribution < 1.29 is 5.11 Å². The minimum atomic E-state index is -0.523. The second kappa shape index (κ2) is 5.18. The van der Waals surface area contributed by atoms with Crippen LogP contribution < -0.4 is 4.90 Å². The van der Waals surface area contributed by atoms with Crippen molar-refractivity contribution in [3.8, 4) is 0 Å². The van der Waals surface area contributed by atoms with Crippen LogP contribution in [0.15, 0.2) is 30.7 Å². The van der Waals surface area contributed by atoms with Gasteiger partial charge in [0.05, 0.1) is 12.3 Å². The molecule has 2 aromatic rings. The van der Waals surface area contributed by atoms with Gasteiger partial charge in [0.1, 0.15) is 5.82 Å². The summed E-state index contributed by atoms with van der Waals surface area (Å²) < 4.78 is 1.77. The molecule has 5 nitrogen and oxygen atoms in total. The summed E-state index contributed by atoms with van der Waals surface area (Å²) in [6.45, 7) is 2.46. The van der Waals surface area contributed by atoms with E-state index in [1.807, 2.05) is 43.5 Å². The molecule has 1 N–H and O–H groups in total. The average molecular weight is 246 g/mol. The Morgan fingerprint density at radius 1 is 1.50 bits per heavy atom. The van der Waals surface area contributed by atoms with Crippen molar-refractivity contribution in [3.05, 3.63) is 41.9 Å². The molecule has 0 saturated heterocycles. The molecule has 0 aromatic carbocycles. The van der Waals surface area contributed by atoms with E-state index < -0.39 is 6.10 Å². The number of hydrogen-bond acceptors (Lipinski definition) is 4. The number of pyridine rings is 1. The zero-order valence-electron chi connectivity index (χ0n) is 10.9. The minimum Gasteiger partial charge on any atom is -0.389 e. The van der Waals surface area contributed by atoms with Crippen LogP contribution in [0.1, 0.15) is 24.2 Å². The zero-order valence-corrected chi connectivity index (χ0v) is 10.9. The Bertz CT molecular complexity index is 521. The van der Waals surface area contributed by atoms with Crippen molar-refractivity contribution in [1.82, 2.24) is 14.8 Å². The molecular formula is C13H18N4O. The molecule has 1 atom stereocenters. The lowest BCUT2D eigenvalue weighted by molar-refractivity contribution is 0.199. The highest BCUT2D eigenvalue weighted by Crippen LogP contribution is 2.23. The van der Waals surface area contributed by atoms with Crippen molar-refractivity contribution in [2.75, 3.05) is 11.9 Å². The third kappa shape index (κ3) is 2.68. The maximum absolute atomic E-state index is 9.74. The van der Waals surface area contributed by atoms with E-state index in [2.05, 4.69) is 10.1 Å². The fraction of sp³-hybridized carbons (Fsp3) is 0.385. The maximum Gasteiger partial charge on any atom is 0.134 e. The molecule has 2 heterocycles. The van der Waals surface area contributed by atoms with E-state index in [1.54, 1.807) is 17.8 Å². The fourth-order valence-electron chi connectivity index (χ4n) is 1.96. The largest absolute Gasteiger partial charge is 0.389 e. The van der Waals surface area contributed by atoms with Gasteiger partial charge in [0.25, 0.3) is 0 Å². The molecule has 5 heteroatoms. The summed E-state index contributed by atoms with van der Waals surface area (Å²) in [5.74, 6) is 0.802. The van der Waals surface area contributed by atoms with Gasteiger partial charge in [-0.2, -0.15) is 5.10 Å². The van der Waals surface area contributed by atoms with Gasteiger partial charge in [-0.05, 0) is 13.0 Å². The van der Waals surface area contributed by atoms with Gasteiger partial charge in [-0.3, -0.25) is 4.68 Å². The molecule has 2 rings (SSSR count). The zero-order chi connectivity index (χ0) is 13.1. The molecule has 0 aliphatic heterocycles. The Morgan fingerprint density at radius 3 is 2.89 bits per heavy atom. The van der Waals surface area contributed by atoms with Crippen LogP contribution in [0.3, 0.4) is 0 Å². The monoisotopic (exact) mass is 246 g/mol. The molecule has 0 aliphatic rings. The molecule has 0 bridgehead atoms.